The van der Waals surface area contributed by atoms with Gasteiger partial charge in [-0.2, -0.15) is 10.1 Å². The SMILES string of the molecule is CCOC(=O)C1=NN(C(=O)OC(C)(C)C)C(CC(=O)C(C)(C)c2ccco2)C=C1. The first-order valence-corrected chi connectivity index (χ1v) is 9.49. The number of ketones is 1. The van der Waals surface area contributed by atoms with Crippen molar-refractivity contribution in [3.63, 3.8) is 0 Å². The summed E-state index contributed by atoms with van der Waals surface area (Å²) in [6.07, 6.45) is 3.77. The van der Waals surface area contributed by atoms with Gasteiger partial charge in [-0.25, -0.2) is 9.59 Å². The Morgan fingerprint density at radius 2 is 1.90 bits per heavy atom. The fourth-order valence-electron chi connectivity index (χ4n) is 2.68. The average Bonchev–Trinajstić information content (AvgIpc) is 3.16. The van der Waals surface area contributed by atoms with Crippen LogP contribution in [0.3, 0.4) is 0 Å². The van der Waals surface area contributed by atoms with Gasteiger partial charge in [-0.05, 0) is 59.8 Å². The molecule has 158 valence electrons. The van der Waals surface area contributed by atoms with E-state index in [1.165, 1.54) is 12.3 Å². The Labute approximate surface area is 170 Å². The maximum absolute atomic E-state index is 13.0. The molecule has 0 saturated heterocycles. The molecule has 29 heavy (non-hydrogen) atoms. The Kier molecular flexibility index (Phi) is 6.66. The topological polar surface area (TPSA) is 98.4 Å². The average molecular weight is 404 g/mol. The highest BCUT2D eigenvalue weighted by molar-refractivity contribution is 6.41. The summed E-state index contributed by atoms with van der Waals surface area (Å²) < 4.78 is 15.7. The zero-order valence-electron chi connectivity index (χ0n) is 17.7. The smallest absolute Gasteiger partial charge is 0.431 e. The van der Waals surface area contributed by atoms with E-state index in [1.54, 1.807) is 59.8 Å². The molecule has 0 fully saturated rings. The highest BCUT2D eigenvalue weighted by Gasteiger charge is 2.38. The maximum atomic E-state index is 13.0. The van der Waals surface area contributed by atoms with E-state index in [0.717, 1.165) is 5.01 Å². The number of ether oxygens (including phenoxy) is 2. The van der Waals surface area contributed by atoms with Crippen LogP contribution < -0.4 is 0 Å². The van der Waals surface area contributed by atoms with Gasteiger partial charge < -0.3 is 13.9 Å². The van der Waals surface area contributed by atoms with Crippen molar-refractivity contribution in [1.29, 1.82) is 0 Å². The Morgan fingerprint density at radius 3 is 2.45 bits per heavy atom. The number of esters is 1. The Hall–Kier alpha value is -2.90. The van der Waals surface area contributed by atoms with Crippen LogP contribution in [0.5, 0.6) is 0 Å². The predicted octanol–water partition coefficient (Wildman–Crippen LogP) is 3.61. The minimum Gasteiger partial charge on any atom is -0.468 e. The van der Waals surface area contributed by atoms with Gasteiger partial charge in [0.1, 0.15) is 17.1 Å². The van der Waals surface area contributed by atoms with Crippen molar-refractivity contribution in [2.45, 2.75) is 65.0 Å². The number of Topliss-reactive ketones (excluding diaryl/α,β-unsaturated/α-hetero) is 1. The van der Waals surface area contributed by atoms with Crippen molar-refractivity contribution in [1.82, 2.24) is 5.01 Å². The highest BCUT2D eigenvalue weighted by atomic mass is 16.6. The van der Waals surface area contributed by atoms with Crippen LogP contribution in [0.25, 0.3) is 0 Å². The molecule has 1 aliphatic rings. The minimum absolute atomic E-state index is 0.0248. The molecule has 1 aromatic rings. The summed E-state index contributed by atoms with van der Waals surface area (Å²) >= 11 is 0. The number of rotatable bonds is 6. The number of nitrogens with zero attached hydrogens (tertiary/aromatic N) is 2. The Morgan fingerprint density at radius 1 is 1.21 bits per heavy atom. The summed E-state index contributed by atoms with van der Waals surface area (Å²) in [6, 6.07) is 2.75. The molecule has 0 aliphatic carbocycles. The molecule has 1 unspecified atom stereocenters. The third-order valence-corrected chi connectivity index (χ3v) is 4.30. The number of carbonyl (C=O) groups excluding carboxylic acids is 3. The van der Waals surface area contributed by atoms with Crippen LogP contribution in [0.4, 0.5) is 4.79 Å². The number of hydrazone groups is 1. The lowest BCUT2D eigenvalue weighted by atomic mass is 9.82. The highest BCUT2D eigenvalue weighted by Crippen LogP contribution is 2.28. The summed E-state index contributed by atoms with van der Waals surface area (Å²) in [6.45, 7) is 10.5. The normalized spacial score (nSPS) is 17.0. The summed E-state index contributed by atoms with van der Waals surface area (Å²) in [5.74, 6) is -0.273. The third kappa shape index (κ3) is 5.56. The first-order chi connectivity index (χ1) is 13.5. The lowest BCUT2D eigenvalue weighted by Gasteiger charge is -2.31. The number of carbonyl (C=O) groups is 3. The predicted molar refractivity (Wildman–Crippen MR) is 106 cm³/mol. The zero-order valence-corrected chi connectivity index (χ0v) is 17.7. The van der Waals surface area contributed by atoms with Crippen LogP contribution in [0, 0.1) is 0 Å². The fourth-order valence-corrected chi connectivity index (χ4v) is 2.68. The van der Waals surface area contributed by atoms with Crippen LogP contribution in [-0.2, 0) is 24.5 Å². The van der Waals surface area contributed by atoms with E-state index in [4.69, 9.17) is 13.9 Å². The van der Waals surface area contributed by atoms with E-state index in [1.807, 2.05) is 0 Å². The summed E-state index contributed by atoms with van der Waals surface area (Å²) in [5, 5.41) is 5.12. The molecular formula is C21H28N2O6. The first kappa shape index (κ1) is 22.4. The second-order valence-electron chi connectivity index (χ2n) is 8.19. The zero-order chi connectivity index (χ0) is 21.8. The van der Waals surface area contributed by atoms with E-state index in [9.17, 15) is 14.4 Å². The van der Waals surface area contributed by atoms with Crippen molar-refractivity contribution in [3.8, 4) is 0 Å². The lowest BCUT2D eigenvalue weighted by molar-refractivity contribution is -0.135. The monoisotopic (exact) mass is 404 g/mol. The molecule has 8 nitrogen and oxygen atoms in total. The lowest BCUT2D eigenvalue weighted by Crippen LogP contribution is -2.44. The van der Waals surface area contributed by atoms with Gasteiger partial charge in [0.25, 0.3) is 0 Å². The van der Waals surface area contributed by atoms with E-state index in [0.29, 0.717) is 5.76 Å². The van der Waals surface area contributed by atoms with E-state index >= 15 is 0 Å². The van der Waals surface area contributed by atoms with Crippen molar-refractivity contribution in [3.05, 3.63) is 36.3 Å². The number of hydrogen-bond acceptors (Lipinski definition) is 7. The molecule has 0 spiro atoms. The third-order valence-electron chi connectivity index (χ3n) is 4.30. The molecule has 2 heterocycles. The standard InChI is InChI=1S/C21H28N2O6/c1-7-27-18(25)15-11-10-14(23(22-15)19(26)29-20(2,3)4)13-16(24)21(5,6)17-9-8-12-28-17/h8-12,14H,7,13H2,1-6H3. The van der Waals surface area contributed by atoms with Crippen molar-refractivity contribution >= 4 is 23.6 Å². The molecule has 2 rings (SSSR count). The molecule has 1 amide bonds. The van der Waals surface area contributed by atoms with Gasteiger partial charge in [-0.15, -0.1) is 0 Å². The number of furan rings is 1. The van der Waals surface area contributed by atoms with Gasteiger partial charge in [0.2, 0.25) is 0 Å². The maximum Gasteiger partial charge on any atom is 0.431 e. The molecule has 1 atom stereocenters. The van der Waals surface area contributed by atoms with Crippen molar-refractivity contribution in [2.24, 2.45) is 5.10 Å². The summed E-state index contributed by atoms with van der Waals surface area (Å²) in [4.78, 5) is 37.7. The van der Waals surface area contributed by atoms with Crippen LogP contribution in [0.2, 0.25) is 0 Å². The van der Waals surface area contributed by atoms with Crippen LogP contribution in [-0.4, -0.2) is 46.8 Å². The largest absolute Gasteiger partial charge is 0.468 e. The molecule has 0 N–H and O–H groups in total. The second-order valence-corrected chi connectivity index (χ2v) is 8.19. The first-order valence-electron chi connectivity index (χ1n) is 9.49. The van der Waals surface area contributed by atoms with Gasteiger partial charge in [0.15, 0.2) is 5.71 Å². The molecule has 1 aromatic heterocycles. The van der Waals surface area contributed by atoms with Crippen molar-refractivity contribution < 1.29 is 28.3 Å². The van der Waals surface area contributed by atoms with E-state index < -0.39 is 29.1 Å². The summed E-state index contributed by atoms with van der Waals surface area (Å²) in [7, 11) is 0. The van der Waals surface area contributed by atoms with Gasteiger partial charge in [-0.1, -0.05) is 6.08 Å². The van der Waals surface area contributed by atoms with Crippen LogP contribution >= 0.6 is 0 Å². The number of hydrogen-bond donors (Lipinski definition) is 0. The Balaban J connectivity index is 2.26. The molecular weight excluding hydrogens is 376 g/mol. The molecule has 0 aromatic carbocycles. The molecule has 0 radical (unpaired) electrons. The molecule has 0 bridgehead atoms. The number of amides is 1. The minimum atomic E-state index is -0.887. The van der Waals surface area contributed by atoms with Crippen molar-refractivity contribution in [2.75, 3.05) is 6.61 Å². The van der Waals surface area contributed by atoms with E-state index in [-0.39, 0.29) is 24.5 Å². The van der Waals surface area contributed by atoms with Gasteiger partial charge in [-0.3, -0.25) is 4.79 Å². The van der Waals surface area contributed by atoms with Gasteiger partial charge in [0.05, 0.1) is 24.3 Å². The van der Waals surface area contributed by atoms with Crippen LogP contribution in [0.15, 0.2) is 40.1 Å². The molecule has 8 heteroatoms. The Bertz CT molecular complexity index is 815. The second kappa shape index (κ2) is 8.63. The molecule has 1 aliphatic heterocycles. The van der Waals surface area contributed by atoms with Gasteiger partial charge >= 0.3 is 12.1 Å². The molecule has 0 saturated carbocycles. The van der Waals surface area contributed by atoms with Gasteiger partial charge in [0, 0.05) is 6.42 Å². The fraction of sp³-hybridized carbons (Fsp3) is 0.524. The van der Waals surface area contributed by atoms with Crippen LogP contribution in [0.1, 0.15) is 53.7 Å². The van der Waals surface area contributed by atoms with E-state index in [2.05, 4.69) is 5.10 Å². The summed E-state index contributed by atoms with van der Waals surface area (Å²) in [5.41, 5.74) is -1.69. The quantitative estimate of drug-likeness (QED) is 0.672.